The second-order valence-electron chi connectivity index (χ2n) is 6.20. The highest BCUT2D eigenvalue weighted by Gasteiger charge is 2.32. The van der Waals surface area contributed by atoms with Crippen LogP contribution in [0.4, 0.5) is 0 Å². The van der Waals surface area contributed by atoms with E-state index in [-0.39, 0.29) is 5.41 Å². The Bertz CT molecular complexity index is 581. The van der Waals surface area contributed by atoms with Gasteiger partial charge in [0.1, 0.15) is 0 Å². The van der Waals surface area contributed by atoms with Gasteiger partial charge < -0.3 is 5.32 Å². The molecular formula is C18H21N. The lowest BCUT2D eigenvalue weighted by molar-refractivity contribution is 0.407. The van der Waals surface area contributed by atoms with E-state index in [4.69, 9.17) is 0 Å². The van der Waals surface area contributed by atoms with Gasteiger partial charge in [0.25, 0.3) is 0 Å². The van der Waals surface area contributed by atoms with Crippen LogP contribution in [0.2, 0.25) is 0 Å². The zero-order valence-electron chi connectivity index (χ0n) is 11.9. The monoisotopic (exact) mass is 251 g/mol. The zero-order chi connectivity index (χ0) is 13.5. The number of hydrogen-bond donors (Lipinski definition) is 1. The van der Waals surface area contributed by atoms with Crippen molar-refractivity contribution >= 4 is 0 Å². The molecule has 98 valence electrons. The van der Waals surface area contributed by atoms with Crippen molar-refractivity contribution in [3.8, 4) is 0 Å². The summed E-state index contributed by atoms with van der Waals surface area (Å²) in [6.07, 6.45) is 0. The van der Waals surface area contributed by atoms with E-state index >= 15 is 0 Å². The first-order valence-corrected chi connectivity index (χ1v) is 6.97. The van der Waals surface area contributed by atoms with Gasteiger partial charge in [-0.2, -0.15) is 0 Å². The Morgan fingerprint density at radius 3 is 2.42 bits per heavy atom. The maximum absolute atomic E-state index is 3.70. The first-order valence-electron chi connectivity index (χ1n) is 6.97. The van der Waals surface area contributed by atoms with Gasteiger partial charge in [-0.1, -0.05) is 67.9 Å². The third-order valence-electron chi connectivity index (χ3n) is 4.16. The molecule has 0 amide bonds. The van der Waals surface area contributed by atoms with Crippen LogP contribution in [0.15, 0.2) is 48.5 Å². The number of nitrogens with one attached hydrogen (secondary N) is 1. The van der Waals surface area contributed by atoms with Gasteiger partial charge in [-0.3, -0.25) is 0 Å². The normalized spacial score (nSPS) is 20.9. The molecule has 19 heavy (non-hydrogen) atoms. The maximum atomic E-state index is 3.70. The lowest BCUT2D eigenvalue weighted by Crippen LogP contribution is -2.42. The van der Waals surface area contributed by atoms with Gasteiger partial charge in [-0.15, -0.1) is 0 Å². The summed E-state index contributed by atoms with van der Waals surface area (Å²) in [5.74, 6) is 0. The van der Waals surface area contributed by atoms with Crippen molar-refractivity contribution < 1.29 is 0 Å². The number of rotatable bonds is 1. The summed E-state index contributed by atoms with van der Waals surface area (Å²) in [5.41, 5.74) is 5.77. The molecular weight excluding hydrogens is 230 g/mol. The van der Waals surface area contributed by atoms with E-state index in [0.717, 1.165) is 6.54 Å². The Labute approximate surface area is 115 Å². The van der Waals surface area contributed by atoms with Crippen LogP contribution in [-0.2, 0) is 5.41 Å². The van der Waals surface area contributed by atoms with Crippen molar-refractivity contribution in [2.45, 2.75) is 32.2 Å². The third-order valence-corrected chi connectivity index (χ3v) is 4.16. The summed E-state index contributed by atoms with van der Waals surface area (Å²) >= 11 is 0. The molecule has 0 bridgehead atoms. The lowest BCUT2D eigenvalue weighted by atomic mass is 9.75. The van der Waals surface area contributed by atoms with Crippen molar-refractivity contribution in [3.63, 3.8) is 0 Å². The molecule has 0 saturated heterocycles. The van der Waals surface area contributed by atoms with Gasteiger partial charge in [0.05, 0.1) is 6.04 Å². The second-order valence-corrected chi connectivity index (χ2v) is 6.20. The molecule has 1 atom stereocenters. The van der Waals surface area contributed by atoms with Crippen molar-refractivity contribution in [2.24, 2.45) is 0 Å². The summed E-state index contributed by atoms with van der Waals surface area (Å²) in [5, 5.41) is 3.70. The molecule has 1 aliphatic rings. The summed E-state index contributed by atoms with van der Waals surface area (Å²) in [4.78, 5) is 0. The molecule has 0 spiro atoms. The molecule has 1 heterocycles. The maximum Gasteiger partial charge on any atom is 0.0579 e. The van der Waals surface area contributed by atoms with E-state index in [9.17, 15) is 0 Å². The number of aryl methyl sites for hydroxylation is 1. The second kappa shape index (κ2) is 4.50. The molecule has 0 aromatic heterocycles. The van der Waals surface area contributed by atoms with Crippen LogP contribution < -0.4 is 5.32 Å². The predicted molar refractivity (Wildman–Crippen MR) is 80.5 cm³/mol. The van der Waals surface area contributed by atoms with Crippen LogP contribution in [0.5, 0.6) is 0 Å². The molecule has 3 rings (SSSR count). The first-order chi connectivity index (χ1) is 9.08. The smallest absolute Gasteiger partial charge is 0.0579 e. The van der Waals surface area contributed by atoms with E-state index in [1.165, 1.54) is 22.3 Å². The predicted octanol–water partition coefficient (Wildman–Crippen LogP) is 3.97. The minimum absolute atomic E-state index is 0.206. The molecule has 0 saturated carbocycles. The van der Waals surface area contributed by atoms with Gasteiger partial charge in [0, 0.05) is 12.0 Å². The van der Waals surface area contributed by atoms with Gasteiger partial charge in [-0.25, -0.2) is 0 Å². The summed E-state index contributed by atoms with van der Waals surface area (Å²) < 4.78 is 0. The molecule has 2 aromatic rings. The fraction of sp³-hybridized carbons (Fsp3) is 0.333. The molecule has 1 heteroatoms. The van der Waals surface area contributed by atoms with E-state index in [1.54, 1.807) is 0 Å². The van der Waals surface area contributed by atoms with Crippen LogP contribution in [0, 0.1) is 6.92 Å². The lowest BCUT2D eigenvalue weighted by Gasteiger charge is -2.38. The largest absolute Gasteiger partial charge is 0.305 e. The van der Waals surface area contributed by atoms with Gasteiger partial charge in [-0.05, 0) is 23.6 Å². The van der Waals surface area contributed by atoms with Crippen molar-refractivity contribution in [1.29, 1.82) is 0 Å². The highest BCUT2D eigenvalue weighted by molar-refractivity contribution is 5.43. The van der Waals surface area contributed by atoms with Crippen molar-refractivity contribution in [1.82, 2.24) is 5.32 Å². The number of benzene rings is 2. The molecule has 1 nitrogen and oxygen atoms in total. The highest BCUT2D eigenvalue weighted by Crippen LogP contribution is 2.37. The Morgan fingerprint density at radius 1 is 1.00 bits per heavy atom. The van der Waals surface area contributed by atoms with E-state index in [2.05, 4.69) is 74.6 Å². The minimum atomic E-state index is 0.206. The Hall–Kier alpha value is -1.60. The molecule has 1 N–H and O–H groups in total. The average molecular weight is 251 g/mol. The third kappa shape index (κ3) is 2.19. The summed E-state index contributed by atoms with van der Waals surface area (Å²) in [6, 6.07) is 18.0. The quantitative estimate of drug-likeness (QED) is 0.808. The van der Waals surface area contributed by atoms with Crippen LogP contribution in [-0.4, -0.2) is 6.54 Å². The topological polar surface area (TPSA) is 12.0 Å². The Kier molecular flexibility index (Phi) is 2.94. The van der Waals surface area contributed by atoms with Crippen LogP contribution in [0.25, 0.3) is 0 Å². The van der Waals surface area contributed by atoms with Crippen LogP contribution in [0.1, 0.15) is 42.1 Å². The van der Waals surface area contributed by atoms with Gasteiger partial charge in [0.2, 0.25) is 0 Å². The summed E-state index contributed by atoms with van der Waals surface area (Å²) in [6.45, 7) is 7.77. The van der Waals surface area contributed by atoms with Crippen molar-refractivity contribution in [2.75, 3.05) is 6.54 Å². The van der Waals surface area contributed by atoms with Gasteiger partial charge >= 0.3 is 0 Å². The molecule has 1 aliphatic heterocycles. The summed E-state index contributed by atoms with van der Waals surface area (Å²) in [7, 11) is 0. The molecule has 0 fully saturated rings. The van der Waals surface area contributed by atoms with Gasteiger partial charge in [0.15, 0.2) is 0 Å². The fourth-order valence-corrected chi connectivity index (χ4v) is 2.98. The number of fused-ring (bicyclic) bond motifs is 1. The van der Waals surface area contributed by atoms with Crippen LogP contribution in [0.3, 0.4) is 0 Å². The highest BCUT2D eigenvalue weighted by atomic mass is 14.9. The standard InChI is InChI=1S/C18H21N/c1-13-8-10-14(11-9-13)17-15-6-4-5-7-16(15)18(2,3)12-19-17/h4-11,17,19H,12H2,1-3H3. The minimum Gasteiger partial charge on any atom is -0.305 e. The Morgan fingerprint density at radius 2 is 1.68 bits per heavy atom. The Balaban J connectivity index is 2.08. The van der Waals surface area contributed by atoms with E-state index in [1.807, 2.05) is 0 Å². The SMILES string of the molecule is Cc1ccc(C2NCC(C)(C)c3ccccc32)cc1. The van der Waals surface area contributed by atoms with E-state index in [0.29, 0.717) is 6.04 Å². The first kappa shape index (κ1) is 12.4. The average Bonchev–Trinajstić information content (AvgIpc) is 2.41. The molecule has 0 radical (unpaired) electrons. The van der Waals surface area contributed by atoms with Crippen LogP contribution >= 0.6 is 0 Å². The van der Waals surface area contributed by atoms with Crippen molar-refractivity contribution in [3.05, 3.63) is 70.8 Å². The molecule has 1 unspecified atom stereocenters. The van der Waals surface area contributed by atoms with E-state index < -0.39 is 0 Å². The molecule has 0 aliphatic carbocycles. The fourth-order valence-electron chi connectivity index (χ4n) is 2.98. The number of hydrogen-bond acceptors (Lipinski definition) is 1. The molecule has 2 aromatic carbocycles. The zero-order valence-corrected chi connectivity index (χ0v) is 11.9.